The molecule has 4 heterocycles. The molecule has 11 rings (SSSR count). The van der Waals surface area contributed by atoms with Gasteiger partial charge in [0.25, 0.3) is 0 Å². The zero-order valence-electron chi connectivity index (χ0n) is 32.6. The fraction of sp³-hybridized carbons (Fsp3) is 0.0769. The summed E-state index contributed by atoms with van der Waals surface area (Å²) in [6, 6.07) is 66.1. The van der Waals surface area contributed by atoms with Gasteiger partial charge in [-0.2, -0.15) is 0 Å². The molecule has 7 aromatic carbocycles. The summed E-state index contributed by atoms with van der Waals surface area (Å²) in [7, 11) is -0.882. The summed E-state index contributed by atoms with van der Waals surface area (Å²) in [5.74, 6) is 1.89. The lowest BCUT2D eigenvalue weighted by molar-refractivity contribution is 0.599. The number of anilines is 3. The fourth-order valence-electron chi connectivity index (χ4n) is 9.69. The molecule has 0 saturated carbocycles. The molecule has 3 aromatic heterocycles. The van der Waals surface area contributed by atoms with Gasteiger partial charge in [-0.15, -0.1) is 0 Å². The molecule has 278 valence electrons. The number of rotatable bonds is 6. The summed E-state index contributed by atoms with van der Waals surface area (Å²) in [6.07, 6.45) is 1.91. The van der Waals surface area contributed by atoms with Gasteiger partial charge >= 0.3 is 0 Å². The Labute approximate surface area is 338 Å². The molecular formula is C52H40N4OSi. The van der Waals surface area contributed by atoms with Crippen molar-refractivity contribution in [1.29, 1.82) is 0 Å². The summed E-state index contributed by atoms with van der Waals surface area (Å²) in [6.45, 7) is 4.60. The lowest BCUT2D eigenvalue weighted by atomic mass is 9.74. The number of aryl methyl sites for hydroxylation is 1. The molecule has 0 atom stereocenters. The zero-order valence-corrected chi connectivity index (χ0v) is 33.6. The van der Waals surface area contributed by atoms with Crippen LogP contribution in [0.25, 0.3) is 44.4 Å². The van der Waals surface area contributed by atoms with Gasteiger partial charge in [-0.05, 0) is 69.3 Å². The third kappa shape index (κ3) is 4.95. The number of hydrogen-bond donors (Lipinski definition) is 0. The Morgan fingerprint density at radius 1 is 0.586 bits per heavy atom. The predicted octanol–water partition coefficient (Wildman–Crippen LogP) is 10.0. The lowest BCUT2D eigenvalue weighted by Gasteiger charge is -2.41. The first-order valence-corrected chi connectivity index (χ1v) is 21.9. The SMILES string of the molecule is Cn1c(-c2cccc([Si](c3ccccc3)(c3ccccc3)c3cccc(N4c5ccc6c(oc7ccccc76)c5C(C)(C)c5cccnc54)c3)c2)nc2ccccc21. The number of nitrogens with zero attached hydrogens (tertiary/aromatic N) is 4. The highest BCUT2D eigenvalue weighted by Gasteiger charge is 2.44. The minimum absolute atomic E-state index is 0.372. The lowest BCUT2D eigenvalue weighted by Crippen LogP contribution is -2.74. The van der Waals surface area contributed by atoms with Crippen LogP contribution in [-0.2, 0) is 12.5 Å². The maximum atomic E-state index is 6.77. The second kappa shape index (κ2) is 13.0. The van der Waals surface area contributed by atoms with Crippen LogP contribution in [0, 0.1) is 0 Å². The second-order valence-electron chi connectivity index (χ2n) is 15.9. The third-order valence-electron chi connectivity index (χ3n) is 12.4. The van der Waals surface area contributed by atoms with Crippen molar-refractivity contribution >= 4 is 79.0 Å². The van der Waals surface area contributed by atoms with Crippen molar-refractivity contribution in [2.24, 2.45) is 7.05 Å². The molecule has 10 aromatic rings. The molecule has 0 unspecified atom stereocenters. The molecule has 0 N–H and O–H groups in total. The number of imidazole rings is 1. The topological polar surface area (TPSA) is 47.1 Å². The van der Waals surface area contributed by atoms with Gasteiger partial charge in [0.15, 0.2) is 8.07 Å². The number of benzene rings is 7. The number of fused-ring (bicyclic) bond motifs is 7. The minimum atomic E-state index is -3.00. The van der Waals surface area contributed by atoms with E-state index in [0.717, 1.165) is 72.7 Å². The minimum Gasteiger partial charge on any atom is -0.456 e. The van der Waals surface area contributed by atoms with Crippen molar-refractivity contribution in [3.05, 3.63) is 199 Å². The van der Waals surface area contributed by atoms with E-state index < -0.39 is 8.07 Å². The largest absolute Gasteiger partial charge is 0.456 e. The molecule has 0 aliphatic carbocycles. The second-order valence-corrected chi connectivity index (χ2v) is 19.7. The summed E-state index contributed by atoms with van der Waals surface area (Å²) in [5.41, 5.74) is 9.11. The van der Waals surface area contributed by atoms with Crippen LogP contribution >= 0.6 is 0 Å². The van der Waals surface area contributed by atoms with Crippen LogP contribution in [0.3, 0.4) is 0 Å². The smallest absolute Gasteiger partial charge is 0.179 e. The van der Waals surface area contributed by atoms with E-state index in [-0.39, 0.29) is 5.41 Å². The van der Waals surface area contributed by atoms with Crippen molar-refractivity contribution in [3.8, 4) is 11.4 Å². The van der Waals surface area contributed by atoms with Crippen LogP contribution in [0.2, 0.25) is 0 Å². The van der Waals surface area contributed by atoms with Gasteiger partial charge < -0.3 is 8.98 Å². The fourth-order valence-corrected chi connectivity index (χ4v) is 14.5. The Bertz CT molecular complexity index is 3140. The summed E-state index contributed by atoms with van der Waals surface area (Å²) >= 11 is 0. The summed E-state index contributed by atoms with van der Waals surface area (Å²) in [4.78, 5) is 12.6. The maximum absolute atomic E-state index is 6.77. The molecule has 0 fully saturated rings. The normalized spacial score (nSPS) is 13.5. The van der Waals surface area contributed by atoms with E-state index in [1.807, 2.05) is 12.3 Å². The van der Waals surface area contributed by atoms with Crippen LogP contribution in [0.1, 0.15) is 25.0 Å². The molecule has 5 nitrogen and oxygen atoms in total. The molecule has 1 aliphatic rings. The Morgan fingerprint density at radius 2 is 1.26 bits per heavy atom. The Morgan fingerprint density at radius 3 is 2.03 bits per heavy atom. The third-order valence-corrected chi connectivity index (χ3v) is 17.1. The number of furan rings is 1. The zero-order chi connectivity index (χ0) is 39.0. The van der Waals surface area contributed by atoms with Gasteiger partial charge in [0, 0.05) is 51.8 Å². The van der Waals surface area contributed by atoms with Gasteiger partial charge in [0.05, 0.1) is 16.7 Å². The van der Waals surface area contributed by atoms with Crippen LogP contribution in [0.4, 0.5) is 17.2 Å². The highest BCUT2D eigenvalue weighted by molar-refractivity contribution is 7.20. The quantitative estimate of drug-likeness (QED) is 0.125. The van der Waals surface area contributed by atoms with Gasteiger partial charge in [-0.1, -0.05) is 147 Å². The highest BCUT2D eigenvalue weighted by Crippen LogP contribution is 2.54. The van der Waals surface area contributed by atoms with Crippen LogP contribution in [-0.4, -0.2) is 22.6 Å². The molecule has 0 amide bonds. The molecule has 0 saturated heterocycles. The van der Waals surface area contributed by atoms with E-state index in [2.05, 4.69) is 206 Å². The average molecular weight is 765 g/mol. The molecule has 0 spiro atoms. The van der Waals surface area contributed by atoms with Gasteiger partial charge in [0.2, 0.25) is 0 Å². The van der Waals surface area contributed by atoms with E-state index in [1.54, 1.807) is 0 Å². The number of para-hydroxylation sites is 3. The summed E-state index contributed by atoms with van der Waals surface area (Å²) < 4.78 is 8.98. The van der Waals surface area contributed by atoms with E-state index in [1.165, 1.54) is 20.7 Å². The van der Waals surface area contributed by atoms with E-state index >= 15 is 0 Å². The van der Waals surface area contributed by atoms with Crippen LogP contribution in [0.5, 0.6) is 0 Å². The van der Waals surface area contributed by atoms with Gasteiger partial charge in [0.1, 0.15) is 22.8 Å². The molecule has 6 heteroatoms. The van der Waals surface area contributed by atoms with Crippen molar-refractivity contribution in [2.75, 3.05) is 4.90 Å². The van der Waals surface area contributed by atoms with Gasteiger partial charge in [-0.3, -0.25) is 4.90 Å². The van der Waals surface area contributed by atoms with Crippen molar-refractivity contribution in [3.63, 3.8) is 0 Å². The summed E-state index contributed by atoms with van der Waals surface area (Å²) in [5, 5.41) is 7.44. The maximum Gasteiger partial charge on any atom is 0.179 e. The number of pyridine rings is 1. The highest BCUT2D eigenvalue weighted by atomic mass is 28.3. The standard InChI is InChI=1S/C52H40N4OSi/c1-52(2)43-26-16-32-53-51(43)56(46-31-30-42-41-25-10-13-29-47(41)57-49(42)48(46)52)36-18-15-24-40(34-36)58(37-19-6-4-7-20-37,38-21-8-5-9-22-38)39-23-14-17-35(33-39)50-54-44-27-11-12-28-45(44)55(50)3/h4-34H,1-3H3. The molecular weight excluding hydrogens is 725 g/mol. The molecule has 58 heavy (non-hydrogen) atoms. The van der Waals surface area contributed by atoms with E-state index in [0.29, 0.717) is 0 Å². The van der Waals surface area contributed by atoms with E-state index in [9.17, 15) is 0 Å². The predicted molar refractivity (Wildman–Crippen MR) is 242 cm³/mol. The van der Waals surface area contributed by atoms with E-state index in [4.69, 9.17) is 14.4 Å². The first-order chi connectivity index (χ1) is 28.4. The Hall–Kier alpha value is -7.02. The molecule has 1 aliphatic heterocycles. The molecule has 0 radical (unpaired) electrons. The monoisotopic (exact) mass is 764 g/mol. The van der Waals surface area contributed by atoms with Crippen molar-refractivity contribution in [1.82, 2.24) is 14.5 Å². The first kappa shape index (κ1) is 34.2. The van der Waals surface area contributed by atoms with Gasteiger partial charge in [-0.25, -0.2) is 9.97 Å². The molecule has 0 bridgehead atoms. The number of aromatic nitrogens is 3. The van der Waals surface area contributed by atoms with Crippen molar-refractivity contribution < 1.29 is 4.42 Å². The Kier molecular flexibility index (Phi) is 7.68. The first-order valence-electron chi connectivity index (χ1n) is 19.9. The Balaban J connectivity index is 1.18. The van der Waals surface area contributed by atoms with Crippen LogP contribution in [0.15, 0.2) is 193 Å². The van der Waals surface area contributed by atoms with Crippen molar-refractivity contribution in [2.45, 2.75) is 19.3 Å². The number of hydrogen-bond acceptors (Lipinski definition) is 4. The average Bonchev–Trinajstić information content (AvgIpc) is 3.82. The van der Waals surface area contributed by atoms with Crippen LogP contribution < -0.4 is 25.6 Å².